The Kier molecular flexibility index (Phi) is 5.57. The fourth-order valence-corrected chi connectivity index (χ4v) is 2.22. The molecule has 1 N–H and O–H groups in total. The van der Waals surface area contributed by atoms with Crippen LogP contribution >= 0.6 is 0 Å². The van der Waals surface area contributed by atoms with Crippen molar-refractivity contribution in [1.82, 2.24) is 9.97 Å². The van der Waals surface area contributed by atoms with Crippen molar-refractivity contribution in [2.24, 2.45) is 0 Å². The highest BCUT2D eigenvalue weighted by Crippen LogP contribution is 2.28. The molecule has 1 aromatic carbocycles. The summed E-state index contributed by atoms with van der Waals surface area (Å²) < 4.78 is 15.7. The number of methoxy groups -OCH3 is 2. The number of carbonyl (C=O) groups is 1. The monoisotopic (exact) mass is 331 g/mol. The summed E-state index contributed by atoms with van der Waals surface area (Å²) in [4.78, 5) is 21.0. The standard InChI is InChI=1S/C17H21N3O4/c1-6-24-17-18-10(2)15(11(3)19-17)20-16(21)12-7-8-13(22-4)14(9-12)23-5/h7-9H,6H2,1-5H3,(H,20,21). The van der Waals surface area contributed by atoms with Crippen LogP contribution in [-0.2, 0) is 0 Å². The van der Waals surface area contributed by atoms with E-state index < -0.39 is 0 Å². The smallest absolute Gasteiger partial charge is 0.316 e. The highest BCUT2D eigenvalue weighted by Gasteiger charge is 2.15. The molecule has 0 bridgehead atoms. The molecule has 0 saturated heterocycles. The maximum absolute atomic E-state index is 12.5. The maximum Gasteiger partial charge on any atom is 0.316 e. The number of nitrogens with zero attached hydrogens (tertiary/aromatic N) is 2. The van der Waals surface area contributed by atoms with Crippen molar-refractivity contribution in [3.63, 3.8) is 0 Å². The molecule has 0 saturated carbocycles. The fraction of sp³-hybridized carbons (Fsp3) is 0.353. The molecule has 2 aromatic rings. The normalized spacial score (nSPS) is 10.2. The summed E-state index contributed by atoms with van der Waals surface area (Å²) in [6.07, 6.45) is 0. The van der Waals surface area contributed by atoms with Gasteiger partial charge < -0.3 is 19.5 Å². The van der Waals surface area contributed by atoms with Crippen molar-refractivity contribution in [2.45, 2.75) is 20.8 Å². The lowest BCUT2D eigenvalue weighted by atomic mass is 10.1. The van der Waals surface area contributed by atoms with Gasteiger partial charge in [-0.15, -0.1) is 0 Å². The molecular formula is C17H21N3O4. The summed E-state index contributed by atoms with van der Waals surface area (Å²) in [6, 6.07) is 5.27. The van der Waals surface area contributed by atoms with E-state index in [1.807, 2.05) is 6.92 Å². The van der Waals surface area contributed by atoms with E-state index >= 15 is 0 Å². The molecule has 0 spiro atoms. The number of aryl methyl sites for hydroxylation is 2. The first-order valence-electron chi connectivity index (χ1n) is 7.51. The van der Waals surface area contributed by atoms with Gasteiger partial charge in [-0.2, -0.15) is 9.97 Å². The molecule has 0 atom stereocenters. The number of hydrogen-bond donors (Lipinski definition) is 1. The number of anilines is 1. The zero-order valence-electron chi connectivity index (χ0n) is 14.5. The van der Waals surface area contributed by atoms with Crippen LogP contribution in [0.3, 0.4) is 0 Å². The molecule has 7 nitrogen and oxygen atoms in total. The van der Waals surface area contributed by atoms with Gasteiger partial charge in [0.05, 0.1) is 37.9 Å². The molecule has 0 aliphatic heterocycles. The van der Waals surface area contributed by atoms with Gasteiger partial charge in [-0.25, -0.2) is 0 Å². The van der Waals surface area contributed by atoms with Gasteiger partial charge in [-0.3, -0.25) is 4.79 Å². The van der Waals surface area contributed by atoms with Gasteiger partial charge in [-0.1, -0.05) is 0 Å². The van der Waals surface area contributed by atoms with Gasteiger partial charge in [0.2, 0.25) is 0 Å². The zero-order chi connectivity index (χ0) is 17.7. The van der Waals surface area contributed by atoms with Crippen LogP contribution in [-0.4, -0.2) is 36.7 Å². The van der Waals surface area contributed by atoms with Crippen molar-refractivity contribution in [3.05, 3.63) is 35.2 Å². The van der Waals surface area contributed by atoms with E-state index in [0.29, 0.717) is 46.8 Å². The second kappa shape index (κ2) is 7.63. The van der Waals surface area contributed by atoms with E-state index in [4.69, 9.17) is 14.2 Å². The first-order chi connectivity index (χ1) is 11.5. The molecule has 0 aliphatic carbocycles. The Morgan fingerprint density at radius 2 is 1.71 bits per heavy atom. The number of nitrogens with one attached hydrogen (secondary N) is 1. The van der Waals surface area contributed by atoms with E-state index in [9.17, 15) is 4.79 Å². The molecule has 0 radical (unpaired) electrons. The van der Waals surface area contributed by atoms with Gasteiger partial charge in [0.15, 0.2) is 11.5 Å². The topological polar surface area (TPSA) is 82.6 Å². The number of aromatic nitrogens is 2. The van der Waals surface area contributed by atoms with Crippen LogP contribution in [0.1, 0.15) is 28.7 Å². The van der Waals surface area contributed by atoms with Crippen molar-refractivity contribution >= 4 is 11.6 Å². The Hall–Kier alpha value is -2.83. The van der Waals surface area contributed by atoms with Crippen LogP contribution in [0, 0.1) is 13.8 Å². The van der Waals surface area contributed by atoms with Crippen LogP contribution in [0.15, 0.2) is 18.2 Å². The molecule has 1 amide bonds. The number of carbonyl (C=O) groups excluding carboxylic acids is 1. The number of amides is 1. The number of hydrogen-bond acceptors (Lipinski definition) is 6. The predicted octanol–water partition coefficient (Wildman–Crippen LogP) is 2.76. The SMILES string of the molecule is CCOc1nc(C)c(NC(=O)c2ccc(OC)c(OC)c2)c(C)n1. The zero-order valence-corrected chi connectivity index (χ0v) is 14.5. The summed E-state index contributed by atoms with van der Waals surface area (Å²) in [6.45, 7) is 5.93. The number of benzene rings is 1. The lowest BCUT2D eigenvalue weighted by molar-refractivity contribution is 0.102. The summed E-state index contributed by atoms with van der Waals surface area (Å²) in [5, 5.41) is 2.84. The second-order valence-electron chi connectivity index (χ2n) is 5.01. The minimum atomic E-state index is -0.282. The lowest BCUT2D eigenvalue weighted by Crippen LogP contribution is -2.15. The number of rotatable bonds is 6. The third-order valence-electron chi connectivity index (χ3n) is 3.41. The molecule has 128 valence electrons. The quantitative estimate of drug-likeness (QED) is 0.876. The van der Waals surface area contributed by atoms with Crippen LogP contribution in [0.2, 0.25) is 0 Å². The molecule has 1 aromatic heterocycles. The predicted molar refractivity (Wildman–Crippen MR) is 90.2 cm³/mol. The Morgan fingerprint density at radius 3 is 2.25 bits per heavy atom. The average Bonchev–Trinajstić information content (AvgIpc) is 2.57. The average molecular weight is 331 g/mol. The van der Waals surface area contributed by atoms with E-state index in [1.54, 1.807) is 39.2 Å². The van der Waals surface area contributed by atoms with Crippen LogP contribution < -0.4 is 19.5 Å². The molecule has 0 fully saturated rings. The van der Waals surface area contributed by atoms with Gasteiger partial charge >= 0.3 is 6.01 Å². The minimum absolute atomic E-state index is 0.282. The Labute approximate surface area is 141 Å². The largest absolute Gasteiger partial charge is 0.493 e. The third-order valence-corrected chi connectivity index (χ3v) is 3.41. The first-order valence-corrected chi connectivity index (χ1v) is 7.51. The van der Waals surface area contributed by atoms with Crippen LogP contribution in [0.25, 0.3) is 0 Å². The summed E-state index contributed by atoms with van der Waals surface area (Å²) in [7, 11) is 3.07. The molecule has 0 unspecified atom stereocenters. The summed E-state index contributed by atoms with van der Waals surface area (Å²) >= 11 is 0. The minimum Gasteiger partial charge on any atom is -0.493 e. The molecule has 24 heavy (non-hydrogen) atoms. The Morgan fingerprint density at radius 1 is 1.08 bits per heavy atom. The van der Waals surface area contributed by atoms with Crippen LogP contribution in [0.4, 0.5) is 5.69 Å². The van der Waals surface area contributed by atoms with E-state index in [0.717, 1.165) is 0 Å². The maximum atomic E-state index is 12.5. The van der Waals surface area contributed by atoms with Crippen molar-refractivity contribution in [3.8, 4) is 17.5 Å². The molecule has 0 aliphatic rings. The first kappa shape index (κ1) is 17.5. The van der Waals surface area contributed by atoms with Gasteiger partial charge in [0.25, 0.3) is 5.91 Å². The second-order valence-corrected chi connectivity index (χ2v) is 5.01. The van der Waals surface area contributed by atoms with Crippen molar-refractivity contribution in [2.75, 3.05) is 26.1 Å². The van der Waals surface area contributed by atoms with Crippen LogP contribution in [0.5, 0.6) is 17.5 Å². The van der Waals surface area contributed by atoms with Crippen molar-refractivity contribution in [1.29, 1.82) is 0 Å². The van der Waals surface area contributed by atoms with Gasteiger partial charge in [0.1, 0.15) is 0 Å². The Bertz CT molecular complexity index is 724. The Balaban J connectivity index is 2.27. The summed E-state index contributed by atoms with van der Waals surface area (Å²) in [5.41, 5.74) is 2.29. The molecule has 2 rings (SSSR count). The highest BCUT2D eigenvalue weighted by atomic mass is 16.5. The fourth-order valence-electron chi connectivity index (χ4n) is 2.22. The van der Waals surface area contributed by atoms with Gasteiger partial charge in [0, 0.05) is 5.56 Å². The molecule has 7 heteroatoms. The third kappa shape index (κ3) is 3.73. The summed E-state index contributed by atoms with van der Waals surface area (Å²) in [5.74, 6) is 0.766. The molecular weight excluding hydrogens is 310 g/mol. The number of ether oxygens (including phenoxy) is 3. The lowest BCUT2D eigenvalue weighted by Gasteiger charge is -2.13. The van der Waals surface area contributed by atoms with E-state index in [1.165, 1.54) is 7.11 Å². The van der Waals surface area contributed by atoms with E-state index in [2.05, 4.69) is 15.3 Å². The van der Waals surface area contributed by atoms with Crippen molar-refractivity contribution < 1.29 is 19.0 Å². The van der Waals surface area contributed by atoms with E-state index in [-0.39, 0.29) is 5.91 Å². The molecule has 1 heterocycles. The highest BCUT2D eigenvalue weighted by molar-refractivity contribution is 6.05. The van der Waals surface area contributed by atoms with Gasteiger partial charge in [-0.05, 0) is 39.0 Å².